The molecule has 2 amide bonds. The first kappa shape index (κ1) is 63.6. The zero-order chi connectivity index (χ0) is 59.1. The quantitative estimate of drug-likeness (QED) is 0.0469. The van der Waals surface area contributed by atoms with Crippen molar-refractivity contribution in [1.82, 2.24) is 19.2 Å². The number of halogens is 6. The van der Waals surface area contributed by atoms with Crippen LogP contribution >= 0.6 is 46.7 Å². The fraction of sp³-hybridized carbons (Fsp3) is 0.509. The monoisotopic (exact) mass is 1260 g/mol. The first-order chi connectivity index (χ1) is 38.9. The highest BCUT2D eigenvalue weighted by atomic mass is 35.5. The topological polar surface area (TPSA) is 212 Å². The van der Waals surface area contributed by atoms with Gasteiger partial charge in [-0.1, -0.05) is 23.2 Å². The van der Waals surface area contributed by atoms with E-state index in [1.807, 2.05) is 10.8 Å². The van der Waals surface area contributed by atoms with Crippen molar-refractivity contribution in [1.29, 1.82) is 5.26 Å². The number of thioether (sulfide) groups is 2. The summed E-state index contributed by atoms with van der Waals surface area (Å²) in [5.41, 5.74) is -3.76. The molecule has 4 aliphatic rings. The zero-order valence-corrected chi connectivity index (χ0v) is 50.0. The van der Waals surface area contributed by atoms with Crippen molar-refractivity contribution in [3.63, 3.8) is 0 Å². The number of nitriles is 1. The van der Waals surface area contributed by atoms with Crippen molar-refractivity contribution in [2.75, 3.05) is 71.6 Å². The van der Waals surface area contributed by atoms with Crippen molar-refractivity contribution in [3.8, 4) is 17.6 Å². The summed E-state index contributed by atoms with van der Waals surface area (Å²) in [6.45, 7) is 6.70. The Bertz CT molecular complexity index is 3210. The van der Waals surface area contributed by atoms with Crippen LogP contribution in [-0.4, -0.2) is 152 Å². The van der Waals surface area contributed by atoms with E-state index in [1.165, 1.54) is 43.8 Å². The number of likely N-dealkylation sites (tertiary alicyclic amines) is 2. The fourth-order valence-corrected chi connectivity index (χ4v) is 14.8. The Kier molecular flexibility index (Phi) is 21.2. The summed E-state index contributed by atoms with van der Waals surface area (Å²) in [6, 6.07) is 14.7. The first-order valence-corrected chi connectivity index (χ1v) is 32.1. The van der Waals surface area contributed by atoms with Gasteiger partial charge in [-0.15, -0.1) is 23.5 Å². The largest absolute Gasteiger partial charge is 0.487 e. The highest BCUT2D eigenvalue weighted by molar-refractivity contribution is 7.99. The van der Waals surface area contributed by atoms with Gasteiger partial charge in [-0.05, 0) is 125 Å². The van der Waals surface area contributed by atoms with E-state index in [1.54, 1.807) is 26.4 Å². The van der Waals surface area contributed by atoms with Crippen molar-refractivity contribution >= 4 is 78.6 Å². The maximum Gasteiger partial charge on any atom is 0.265 e. The number of nitrogens with zero attached hydrogens (tertiary/aromatic N) is 3. The molecule has 0 aliphatic carbocycles. The lowest BCUT2D eigenvalue weighted by atomic mass is 9.79. The molecule has 27 heteroatoms. The SMILES string of the molecule is COC1CN(CC[C@H](CSc2ccc(F)cc2)Oc2c(F)cc(S(=O)(=O)NC(=O)[C@@]3(C)CCCC(C4CCO[C@@](C)(C(=O)NS(=O)(=O)c5cc(Cl)c(O[C@H](CCN6CC(OC)C6)CSc6ccc(F)cc6F)c(C#N)c5)C4)O3)cc2Cl)C1. The summed E-state index contributed by atoms with van der Waals surface area (Å²) >= 11 is 15.6. The minimum absolute atomic E-state index is 0.0205. The van der Waals surface area contributed by atoms with Crippen LogP contribution in [0.3, 0.4) is 0 Å². The van der Waals surface area contributed by atoms with Gasteiger partial charge in [0, 0.05) is 87.5 Å². The Balaban J connectivity index is 0.889. The molecule has 4 heterocycles. The summed E-state index contributed by atoms with van der Waals surface area (Å²) in [5.74, 6) is -5.62. The van der Waals surface area contributed by atoms with Crippen LogP contribution in [0.15, 0.2) is 86.3 Å². The predicted octanol–water partition coefficient (Wildman–Crippen LogP) is 8.77. The minimum Gasteiger partial charge on any atom is -0.487 e. The van der Waals surface area contributed by atoms with Gasteiger partial charge in [0.15, 0.2) is 17.3 Å². The van der Waals surface area contributed by atoms with Crippen molar-refractivity contribution < 1.29 is 72.4 Å². The second kappa shape index (κ2) is 27.3. The Morgan fingerprint density at radius 3 is 1.87 bits per heavy atom. The highest BCUT2D eigenvalue weighted by Crippen LogP contribution is 2.41. The number of carbonyl (C=O) groups excluding carboxylic acids is 2. The number of ether oxygens (including phenoxy) is 6. The molecule has 4 saturated heterocycles. The van der Waals surface area contributed by atoms with Crippen LogP contribution in [0.1, 0.15) is 64.4 Å². The lowest BCUT2D eigenvalue weighted by molar-refractivity contribution is -0.185. The Morgan fingerprint density at radius 1 is 0.744 bits per heavy atom. The van der Waals surface area contributed by atoms with Crippen LogP contribution in [0.4, 0.5) is 17.6 Å². The summed E-state index contributed by atoms with van der Waals surface area (Å²) < 4.78 is 153. The number of carbonyl (C=O) groups is 2. The number of hydrogen-bond acceptors (Lipinski definition) is 17. The van der Waals surface area contributed by atoms with E-state index in [0.717, 1.165) is 47.0 Å². The van der Waals surface area contributed by atoms with Crippen LogP contribution in [-0.2, 0) is 48.6 Å². The summed E-state index contributed by atoms with van der Waals surface area (Å²) in [5, 5.41) is 9.61. The average molecular weight is 1260 g/mol. The molecule has 17 nitrogen and oxygen atoms in total. The molecule has 4 aromatic rings. The normalized spacial score (nSPS) is 22.7. The van der Waals surface area contributed by atoms with E-state index in [4.69, 9.17) is 51.6 Å². The second-order valence-corrected chi connectivity index (χ2v) is 27.4. The van der Waals surface area contributed by atoms with Crippen LogP contribution in [0.5, 0.6) is 11.5 Å². The molecule has 82 heavy (non-hydrogen) atoms. The van der Waals surface area contributed by atoms with Crippen molar-refractivity contribution in [3.05, 3.63) is 106 Å². The molecule has 4 aromatic carbocycles. The van der Waals surface area contributed by atoms with Gasteiger partial charge < -0.3 is 28.4 Å². The number of methoxy groups -OCH3 is 2. The van der Waals surface area contributed by atoms with Gasteiger partial charge in [0.05, 0.1) is 43.7 Å². The Morgan fingerprint density at radius 2 is 1.29 bits per heavy atom. The van der Waals surface area contributed by atoms with Crippen molar-refractivity contribution in [2.45, 2.75) is 120 Å². The van der Waals surface area contributed by atoms with Crippen LogP contribution in [0.25, 0.3) is 0 Å². The van der Waals surface area contributed by atoms with Crippen LogP contribution < -0.4 is 18.9 Å². The molecular formula is C55H63Cl2F4N5O12S4. The first-order valence-electron chi connectivity index (χ1n) is 26.4. The third kappa shape index (κ3) is 15.9. The van der Waals surface area contributed by atoms with Gasteiger partial charge in [-0.3, -0.25) is 19.4 Å². The molecule has 2 unspecified atom stereocenters. The number of amides is 2. The lowest BCUT2D eigenvalue weighted by Gasteiger charge is -2.44. The van der Waals surface area contributed by atoms with Gasteiger partial charge >= 0.3 is 0 Å². The van der Waals surface area contributed by atoms with E-state index < -0.39 is 100 Å². The maximum atomic E-state index is 16.0. The zero-order valence-electron chi connectivity index (χ0n) is 45.3. The van der Waals surface area contributed by atoms with Crippen LogP contribution in [0, 0.1) is 40.5 Å². The van der Waals surface area contributed by atoms with E-state index in [2.05, 4.69) is 14.5 Å². The Labute approximate surface area is 493 Å². The molecule has 4 fully saturated rings. The highest BCUT2D eigenvalue weighted by Gasteiger charge is 2.49. The number of rotatable bonds is 25. The Hall–Kier alpha value is -4.43. The number of nitrogens with one attached hydrogen (secondary N) is 2. The van der Waals surface area contributed by atoms with Gasteiger partial charge in [0.2, 0.25) is 0 Å². The molecule has 446 valence electrons. The van der Waals surface area contributed by atoms with Crippen molar-refractivity contribution in [2.24, 2.45) is 5.92 Å². The molecule has 0 aromatic heterocycles. The van der Waals surface area contributed by atoms with E-state index in [9.17, 15) is 44.9 Å². The van der Waals surface area contributed by atoms with Crippen LogP contribution in [0.2, 0.25) is 10.0 Å². The average Bonchev–Trinajstić information content (AvgIpc) is 3.15. The third-order valence-corrected chi connectivity index (χ3v) is 20.5. The third-order valence-electron chi connectivity index (χ3n) is 15.0. The van der Waals surface area contributed by atoms with E-state index in [0.29, 0.717) is 83.2 Å². The van der Waals surface area contributed by atoms with Gasteiger partial charge in [-0.25, -0.2) is 43.8 Å². The van der Waals surface area contributed by atoms with Gasteiger partial charge in [-0.2, -0.15) is 5.26 Å². The summed E-state index contributed by atoms with van der Waals surface area (Å²) in [6.07, 6.45) is 0.101. The summed E-state index contributed by atoms with van der Waals surface area (Å²) in [7, 11) is -6.25. The molecule has 0 bridgehead atoms. The van der Waals surface area contributed by atoms with E-state index >= 15 is 4.39 Å². The number of benzene rings is 4. The standard InChI is InChI=1S/C55H63Cl2F4N5O12S4/c1-54(52(67)63-82(71,72)43-23-45(57)51(47(61)24-43)77-37(13-17-65-27-39(28-65)73-3)31-79-41-10-7-35(58)8-11-41)16-5-6-48(78-54)33-15-19-75-55(2,25-33)53(68)64-81(69,70)42-20-34(26-62)50(44(56)22-42)76-38(14-18-66-29-40(30-66)74-4)32-80-49-12-9-36(59)21-46(49)60/h7-12,20-24,33,37-40,48H,5-6,13-19,25,27-32H2,1-4H3,(H,63,67)(H,64,68)/t33?,37-,38-,48?,54-,55-/m1/s1. The molecule has 0 spiro atoms. The molecule has 0 radical (unpaired) electrons. The molecular weight excluding hydrogens is 1200 g/mol. The summed E-state index contributed by atoms with van der Waals surface area (Å²) in [4.78, 5) is 32.0. The van der Waals surface area contributed by atoms with Gasteiger partial charge in [0.25, 0.3) is 31.9 Å². The molecule has 4 aliphatic heterocycles. The smallest absolute Gasteiger partial charge is 0.265 e. The number of hydrogen-bond donors (Lipinski definition) is 2. The second-order valence-electron chi connectivity index (χ2n) is 21.0. The van der Waals surface area contributed by atoms with Gasteiger partial charge in [0.1, 0.15) is 46.9 Å². The molecule has 6 atom stereocenters. The maximum absolute atomic E-state index is 16.0. The minimum atomic E-state index is -4.76. The molecule has 8 rings (SSSR count). The fourth-order valence-electron chi connectivity index (χ4n) is 10.0. The number of sulfonamides is 2. The molecule has 2 N–H and O–H groups in total. The predicted molar refractivity (Wildman–Crippen MR) is 299 cm³/mol. The lowest BCUT2D eigenvalue weighted by Crippen LogP contribution is -2.56. The van der Waals surface area contributed by atoms with E-state index in [-0.39, 0.29) is 69.4 Å². The molecule has 0 saturated carbocycles.